The van der Waals surface area contributed by atoms with Crippen LogP contribution in [0.2, 0.25) is 0 Å². The van der Waals surface area contributed by atoms with E-state index in [9.17, 15) is 0 Å². The Balaban J connectivity index is 1.20. The third kappa shape index (κ3) is 4.54. The van der Waals surface area contributed by atoms with E-state index in [2.05, 4.69) is 177 Å². The molecule has 0 atom stereocenters. The highest BCUT2D eigenvalue weighted by Crippen LogP contribution is 2.41. The molecule has 0 fully saturated rings. The summed E-state index contributed by atoms with van der Waals surface area (Å²) in [5.74, 6) is 0. The molecule has 0 aliphatic heterocycles. The second kappa shape index (κ2) is 12.4. The number of hydrogen-bond donors (Lipinski definition) is 0. The number of hydrogen-bond acceptors (Lipinski definition) is 1. The molecule has 0 saturated carbocycles. The zero-order valence-electron chi connectivity index (χ0n) is 32.3. The van der Waals surface area contributed by atoms with Gasteiger partial charge in [-0.25, -0.2) is 0 Å². The Kier molecular flexibility index (Phi) is 6.81. The molecule has 0 unspecified atom stereocenters. The topological polar surface area (TPSA) is 36.8 Å². The summed E-state index contributed by atoms with van der Waals surface area (Å²) in [5, 5.41) is 9.61. The quantitative estimate of drug-likeness (QED) is 0.164. The van der Waals surface area contributed by atoms with Gasteiger partial charge >= 0.3 is 0 Å². The van der Waals surface area contributed by atoms with Gasteiger partial charge in [-0.3, -0.25) is 9.36 Å². The van der Waals surface area contributed by atoms with Gasteiger partial charge in [-0.15, -0.1) is 0 Å². The summed E-state index contributed by atoms with van der Waals surface area (Å²) >= 11 is 0. The van der Waals surface area contributed by atoms with Crippen LogP contribution in [0.15, 0.2) is 211 Å². The molecule has 0 spiro atoms. The molecule has 0 aliphatic carbocycles. The van der Waals surface area contributed by atoms with Crippen LogP contribution >= 0.6 is 0 Å². The van der Waals surface area contributed by atoms with Crippen molar-refractivity contribution in [3.8, 4) is 22.7 Å². The van der Waals surface area contributed by atoms with Gasteiger partial charge < -0.3 is 13.7 Å². The second-order valence-corrected chi connectivity index (χ2v) is 15.7. The molecule has 280 valence electrons. The molecule has 60 heavy (non-hydrogen) atoms. The van der Waals surface area contributed by atoms with Gasteiger partial charge in [0.15, 0.2) is 0 Å². The van der Waals surface area contributed by atoms with Crippen molar-refractivity contribution in [2.75, 3.05) is 0 Å². The van der Waals surface area contributed by atoms with Crippen LogP contribution in [0.5, 0.6) is 0 Å². The molecule has 0 N–H and O–H groups in total. The maximum Gasteiger partial charge on any atom is 0.263 e. The van der Waals surface area contributed by atoms with Crippen molar-refractivity contribution in [2.45, 2.75) is 0 Å². The maximum atomic E-state index is 15.3. The fraction of sp³-hybridized carbons (Fsp3) is 0. The van der Waals surface area contributed by atoms with Crippen molar-refractivity contribution in [3.63, 3.8) is 0 Å². The molecule has 5 heteroatoms. The van der Waals surface area contributed by atoms with E-state index in [1.807, 2.05) is 47.0 Å². The fourth-order valence-electron chi connectivity index (χ4n) is 9.97. The minimum atomic E-state index is -0.0526. The predicted octanol–water partition coefficient (Wildman–Crippen LogP) is 13.4. The number of fused-ring (bicyclic) bond motifs is 12. The Morgan fingerprint density at radius 1 is 0.217 bits per heavy atom. The molecule has 13 rings (SSSR count). The Morgan fingerprint density at radius 3 is 1.15 bits per heavy atom. The van der Waals surface area contributed by atoms with Crippen molar-refractivity contribution in [1.82, 2.24) is 18.3 Å². The summed E-state index contributed by atoms with van der Waals surface area (Å²) in [7, 11) is 0. The van der Waals surface area contributed by atoms with E-state index in [1.165, 1.54) is 27.2 Å². The Bertz CT molecular complexity index is 3890. The van der Waals surface area contributed by atoms with Crippen LogP contribution < -0.4 is 5.56 Å². The SMILES string of the molecule is O=c1c2cc3c(cc2c2cc4c5ccccc5n(-c5ccccc5)c4cc2n1-c1ccccc1)c1cc(-n2c4ccccc4c4ccccc42)ccc1n3-c1ccccc1. The van der Waals surface area contributed by atoms with E-state index in [0.717, 1.165) is 77.3 Å². The molecule has 4 aromatic heterocycles. The van der Waals surface area contributed by atoms with Crippen LogP contribution in [0.3, 0.4) is 0 Å². The smallest absolute Gasteiger partial charge is 0.263 e. The fourth-order valence-corrected chi connectivity index (χ4v) is 9.97. The molecule has 5 nitrogen and oxygen atoms in total. The van der Waals surface area contributed by atoms with E-state index in [4.69, 9.17) is 0 Å². The zero-order chi connectivity index (χ0) is 39.5. The molecule has 0 saturated heterocycles. The van der Waals surface area contributed by atoms with Crippen molar-refractivity contribution >= 4 is 87.1 Å². The van der Waals surface area contributed by atoms with Crippen LogP contribution in [-0.2, 0) is 0 Å². The third-order valence-electron chi connectivity index (χ3n) is 12.5. The van der Waals surface area contributed by atoms with Gasteiger partial charge in [-0.2, -0.15) is 0 Å². The number of para-hydroxylation sites is 6. The number of benzene rings is 9. The molecule has 13 aromatic rings. The number of nitrogens with zero attached hydrogens (tertiary/aromatic N) is 4. The van der Waals surface area contributed by atoms with E-state index in [0.29, 0.717) is 5.39 Å². The highest BCUT2D eigenvalue weighted by atomic mass is 16.1. The first-order valence-electron chi connectivity index (χ1n) is 20.4. The largest absolute Gasteiger partial charge is 0.309 e. The monoisotopic (exact) mass is 766 g/mol. The van der Waals surface area contributed by atoms with Crippen LogP contribution in [0.25, 0.3) is 110 Å². The lowest BCUT2D eigenvalue weighted by Gasteiger charge is -2.15. The maximum absolute atomic E-state index is 15.3. The van der Waals surface area contributed by atoms with Crippen molar-refractivity contribution < 1.29 is 0 Å². The Hall–Kier alpha value is -8.15. The van der Waals surface area contributed by atoms with Gasteiger partial charge in [0.1, 0.15) is 0 Å². The first-order valence-corrected chi connectivity index (χ1v) is 20.4. The zero-order valence-corrected chi connectivity index (χ0v) is 32.3. The number of pyridine rings is 1. The third-order valence-corrected chi connectivity index (χ3v) is 12.5. The summed E-state index contributed by atoms with van der Waals surface area (Å²) in [6, 6.07) is 72.7. The molecule has 9 aromatic carbocycles. The highest BCUT2D eigenvalue weighted by molar-refractivity contribution is 6.22. The Labute approximate surface area is 343 Å². The van der Waals surface area contributed by atoms with E-state index in [1.54, 1.807) is 0 Å². The average molecular weight is 767 g/mol. The Morgan fingerprint density at radius 2 is 0.583 bits per heavy atom. The molecule has 4 heterocycles. The van der Waals surface area contributed by atoms with E-state index in [-0.39, 0.29) is 5.56 Å². The summed E-state index contributed by atoms with van der Waals surface area (Å²) in [6.45, 7) is 0. The van der Waals surface area contributed by atoms with Crippen molar-refractivity contribution in [1.29, 1.82) is 0 Å². The van der Waals surface area contributed by atoms with Crippen LogP contribution in [0.1, 0.15) is 0 Å². The lowest BCUT2D eigenvalue weighted by Crippen LogP contribution is -2.19. The molecular weight excluding hydrogens is 733 g/mol. The molecular formula is C55H34N4O. The number of rotatable bonds is 4. The minimum absolute atomic E-state index is 0.0526. The highest BCUT2D eigenvalue weighted by Gasteiger charge is 2.22. The van der Waals surface area contributed by atoms with Crippen LogP contribution in [0, 0.1) is 0 Å². The van der Waals surface area contributed by atoms with E-state index >= 15 is 4.79 Å². The predicted molar refractivity (Wildman–Crippen MR) is 250 cm³/mol. The lowest BCUT2D eigenvalue weighted by molar-refractivity contribution is 1.06. The molecule has 0 aliphatic rings. The lowest BCUT2D eigenvalue weighted by atomic mass is 10.00. The van der Waals surface area contributed by atoms with Gasteiger partial charge in [-0.1, -0.05) is 109 Å². The normalized spacial score (nSPS) is 12.1. The van der Waals surface area contributed by atoms with Crippen molar-refractivity contribution in [2.24, 2.45) is 0 Å². The van der Waals surface area contributed by atoms with Gasteiger partial charge in [0.25, 0.3) is 5.56 Å². The number of aromatic nitrogens is 4. The molecule has 0 amide bonds. The van der Waals surface area contributed by atoms with Crippen LogP contribution in [-0.4, -0.2) is 18.3 Å². The summed E-state index contributed by atoms with van der Waals surface area (Å²) in [5.41, 5.74) is 11.4. The summed E-state index contributed by atoms with van der Waals surface area (Å²) in [6.07, 6.45) is 0. The van der Waals surface area contributed by atoms with Gasteiger partial charge in [-0.05, 0) is 102 Å². The molecule has 0 bridgehead atoms. The molecule has 0 radical (unpaired) electrons. The first kappa shape index (κ1) is 32.9. The summed E-state index contributed by atoms with van der Waals surface area (Å²) < 4.78 is 8.92. The van der Waals surface area contributed by atoms with Crippen molar-refractivity contribution in [3.05, 3.63) is 217 Å². The summed E-state index contributed by atoms with van der Waals surface area (Å²) in [4.78, 5) is 15.3. The first-order chi connectivity index (χ1) is 29.7. The van der Waals surface area contributed by atoms with Gasteiger partial charge in [0, 0.05) is 60.5 Å². The van der Waals surface area contributed by atoms with E-state index < -0.39 is 0 Å². The minimum Gasteiger partial charge on any atom is -0.309 e. The average Bonchev–Trinajstić information content (AvgIpc) is 3.94. The van der Waals surface area contributed by atoms with Crippen LogP contribution in [0.4, 0.5) is 0 Å². The second-order valence-electron chi connectivity index (χ2n) is 15.7. The standard InChI is InChI=1S/C55H34N4O/c60-55-47-33-52-46(43-30-38(28-29-51(43)57(52)36-18-6-2-7-19-36)58-48-25-13-10-22-39(48)40-23-11-14-26-49(40)58)31-42(47)45-32-44-41-24-12-15-27-50(41)56(35-16-4-1-5-17-35)53(44)34-54(45)59(55)37-20-8-3-9-21-37/h1-34H. The van der Waals surface area contributed by atoms with Gasteiger partial charge in [0.2, 0.25) is 0 Å². The van der Waals surface area contributed by atoms with Gasteiger partial charge in [0.05, 0.1) is 44.0 Å².